The lowest BCUT2D eigenvalue weighted by molar-refractivity contribution is -0.132. The number of hydrogen-bond acceptors (Lipinski definition) is 8. The Balaban J connectivity index is 1.52. The van der Waals surface area contributed by atoms with Crippen LogP contribution in [0.5, 0.6) is 5.75 Å². The summed E-state index contributed by atoms with van der Waals surface area (Å²) in [5.74, 6) is -2.11. The number of hydrogen-bond donors (Lipinski definition) is 1. The Bertz CT molecular complexity index is 1760. The number of ketones is 1. The molecule has 5 rings (SSSR count). The van der Waals surface area contributed by atoms with Gasteiger partial charge in [-0.1, -0.05) is 81.9 Å². The normalized spacial score (nSPS) is 15.9. The van der Waals surface area contributed by atoms with Crippen molar-refractivity contribution < 1.29 is 29.0 Å². The fourth-order valence-corrected chi connectivity index (χ4v) is 6.13. The maximum atomic E-state index is 13.5. The van der Waals surface area contributed by atoms with Gasteiger partial charge in [0.25, 0.3) is 5.78 Å². The summed E-state index contributed by atoms with van der Waals surface area (Å²) >= 11 is 4.40. The molecule has 4 aromatic rings. The number of ether oxygens (including phenoxy) is 2. The largest absolute Gasteiger partial charge is 0.507 e. The van der Waals surface area contributed by atoms with Gasteiger partial charge in [-0.3, -0.25) is 14.5 Å². The third-order valence-corrected chi connectivity index (χ3v) is 8.36. The summed E-state index contributed by atoms with van der Waals surface area (Å²) in [6.45, 7) is 7.57. The Morgan fingerprint density at radius 2 is 1.84 bits per heavy atom. The van der Waals surface area contributed by atoms with Crippen LogP contribution in [0.2, 0.25) is 0 Å². The van der Waals surface area contributed by atoms with Gasteiger partial charge in [0.15, 0.2) is 5.13 Å². The number of Topliss-reactive ketones (excluding diaryl/α,β-unsaturated/α-hetero) is 1. The van der Waals surface area contributed by atoms with E-state index in [1.54, 1.807) is 49.4 Å². The molecule has 1 unspecified atom stereocenters. The molecule has 1 aliphatic rings. The molecule has 0 saturated carbocycles. The van der Waals surface area contributed by atoms with Crippen molar-refractivity contribution in [2.45, 2.75) is 26.5 Å². The molecule has 3 aromatic carbocycles. The van der Waals surface area contributed by atoms with Crippen LogP contribution in [0, 0.1) is 13.8 Å². The van der Waals surface area contributed by atoms with E-state index in [1.165, 1.54) is 11.0 Å². The van der Waals surface area contributed by atoms with Gasteiger partial charge in [-0.15, -0.1) is 0 Å². The van der Waals surface area contributed by atoms with Crippen molar-refractivity contribution in [1.29, 1.82) is 0 Å². The molecule has 1 saturated heterocycles. The van der Waals surface area contributed by atoms with Crippen LogP contribution in [0.1, 0.15) is 43.7 Å². The van der Waals surface area contributed by atoms with Gasteiger partial charge in [0.1, 0.15) is 29.6 Å². The third-order valence-electron chi connectivity index (χ3n) is 6.73. The molecule has 8 nitrogen and oxygen atoms in total. The second-order valence-corrected chi connectivity index (χ2v) is 11.7. The zero-order valence-corrected chi connectivity index (χ0v) is 25.8. The molecule has 218 valence electrons. The topological polar surface area (TPSA) is 106 Å². The summed E-state index contributed by atoms with van der Waals surface area (Å²) in [6, 6.07) is 20.7. The molecule has 1 aromatic heterocycles. The third kappa shape index (κ3) is 6.30. The number of halogens is 1. The van der Waals surface area contributed by atoms with Crippen molar-refractivity contribution in [2.75, 3.05) is 11.5 Å². The summed E-state index contributed by atoms with van der Waals surface area (Å²) in [6.07, 6.45) is 1.45. The number of aryl methyl sites for hydroxylation is 2. The quantitative estimate of drug-likeness (QED) is 0.0674. The number of rotatable bonds is 9. The first kappa shape index (κ1) is 29.9. The van der Waals surface area contributed by atoms with Crippen LogP contribution in [-0.2, 0) is 20.9 Å². The van der Waals surface area contributed by atoms with Crippen molar-refractivity contribution in [3.05, 3.63) is 128 Å². The van der Waals surface area contributed by atoms with Crippen molar-refractivity contribution >= 4 is 55.8 Å². The van der Waals surface area contributed by atoms with Gasteiger partial charge < -0.3 is 14.6 Å². The molecule has 1 amide bonds. The molecule has 1 N–H and O–H groups in total. The van der Waals surface area contributed by atoms with E-state index in [1.807, 2.05) is 37.3 Å². The average molecular weight is 660 g/mol. The zero-order chi connectivity index (χ0) is 30.7. The Kier molecular flexibility index (Phi) is 8.89. The van der Waals surface area contributed by atoms with Gasteiger partial charge in [-0.05, 0) is 61.4 Å². The van der Waals surface area contributed by atoms with Crippen molar-refractivity contribution in [2.24, 2.45) is 0 Å². The van der Waals surface area contributed by atoms with Gasteiger partial charge in [-0.2, -0.15) is 0 Å². The van der Waals surface area contributed by atoms with Crippen molar-refractivity contribution in [3.8, 4) is 5.75 Å². The standard InChI is InChI=1S/C33H27BrN2O6S/c1-4-15-41-32(40)30-20(3)35-33(43-30)36-27(23-9-6-10-24(34)17-23)26(29(38)31(36)39)28(37)22-11-13-25(14-12-22)42-18-21-8-5-7-19(2)16-21/h4-14,16-17,27,37H,1,15,18H2,2-3H3/b28-26+. The van der Waals surface area contributed by atoms with Crippen LogP contribution in [0.15, 0.2) is 95.5 Å². The van der Waals surface area contributed by atoms with Crippen LogP contribution < -0.4 is 9.64 Å². The molecule has 0 aliphatic carbocycles. The first-order valence-electron chi connectivity index (χ1n) is 13.3. The molecular formula is C33H27BrN2O6S. The van der Waals surface area contributed by atoms with Gasteiger partial charge in [0, 0.05) is 10.0 Å². The fraction of sp³-hybridized carbons (Fsp3) is 0.152. The number of benzene rings is 3. The predicted molar refractivity (Wildman–Crippen MR) is 168 cm³/mol. The highest BCUT2D eigenvalue weighted by atomic mass is 79.9. The minimum absolute atomic E-state index is 0.0177. The van der Waals surface area contributed by atoms with Crippen molar-refractivity contribution in [3.63, 3.8) is 0 Å². The monoisotopic (exact) mass is 658 g/mol. The Hall–Kier alpha value is -4.54. The maximum Gasteiger partial charge on any atom is 0.350 e. The number of carbonyl (C=O) groups excluding carboxylic acids is 3. The summed E-state index contributed by atoms with van der Waals surface area (Å²) in [4.78, 5) is 45.5. The fourth-order valence-electron chi connectivity index (χ4n) is 4.73. The van der Waals surface area contributed by atoms with Gasteiger partial charge in [0.05, 0.1) is 17.3 Å². The van der Waals surface area contributed by atoms with E-state index in [2.05, 4.69) is 27.5 Å². The number of aromatic nitrogens is 1. The van der Waals surface area contributed by atoms with Crippen LogP contribution in [0.3, 0.4) is 0 Å². The summed E-state index contributed by atoms with van der Waals surface area (Å²) in [5.41, 5.74) is 3.32. The molecule has 0 radical (unpaired) electrons. The maximum absolute atomic E-state index is 13.5. The number of anilines is 1. The second-order valence-electron chi connectivity index (χ2n) is 9.82. The highest BCUT2D eigenvalue weighted by Gasteiger charge is 2.48. The highest BCUT2D eigenvalue weighted by Crippen LogP contribution is 2.44. The van der Waals surface area contributed by atoms with Crippen LogP contribution in [-0.4, -0.2) is 34.4 Å². The lowest BCUT2D eigenvalue weighted by atomic mass is 9.95. The van der Waals surface area contributed by atoms with Crippen LogP contribution in [0.4, 0.5) is 5.13 Å². The smallest absolute Gasteiger partial charge is 0.350 e. The predicted octanol–water partition coefficient (Wildman–Crippen LogP) is 7.07. The van der Waals surface area contributed by atoms with E-state index in [0.29, 0.717) is 29.2 Å². The molecular weight excluding hydrogens is 632 g/mol. The van der Waals surface area contributed by atoms with Gasteiger partial charge in [0.2, 0.25) is 0 Å². The lowest BCUT2D eigenvalue weighted by Gasteiger charge is -2.23. The molecule has 1 atom stereocenters. The summed E-state index contributed by atoms with van der Waals surface area (Å²) < 4.78 is 11.8. The average Bonchev–Trinajstić information content (AvgIpc) is 3.51. The summed E-state index contributed by atoms with van der Waals surface area (Å²) in [7, 11) is 0. The van der Waals surface area contributed by atoms with E-state index in [4.69, 9.17) is 9.47 Å². The number of aliphatic hydroxyl groups is 1. The Morgan fingerprint density at radius 3 is 2.53 bits per heavy atom. The van der Waals surface area contributed by atoms with E-state index >= 15 is 0 Å². The summed E-state index contributed by atoms with van der Waals surface area (Å²) in [5, 5.41) is 11.6. The Morgan fingerprint density at radius 1 is 1.09 bits per heavy atom. The van der Waals surface area contributed by atoms with Crippen LogP contribution in [0.25, 0.3) is 5.76 Å². The van der Waals surface area contributed by atoms with Gasteiger partial charge >= 0.3 is 11.9 Å². The zero-order valence-electron chi connectivity index (χ0n) is 23.4. The van der Waals surface area contributed by atoms with Crippen molar-refractivity contribution in [1.82, 2.24) is 4.98 Å². The first-order valence-corrected chi connectivity index (χ1v) is 14.9. The number of carbonyl (C=O) groups is 3. The minimum atomic E-state index is -1.00. The number of amides is 1. The number of nitrogens with zero attached hydrogens (tertiary/aromatic N) is 2. The SMILES string of the molecule is C=CCOC(=O)c1sc(N2C(=O)C(=O)/C(=C(/O)c3ccc(OCc4cccc(C)c4)cc3)C2c2cccc(Br)c2)nc1C. The number of esters is 1. The molecule has 43 heavy (non-hydrogen) atoms. The molecule has 1 fully saturated rings. The second kappa shape index (κ2) is 12.8. The highest BCUT2D eigenvalue weighted by molar-refractivity contribution is 9.10. The molecule has 2 heterocycles. The van der Waals surface area contributed by atoms with E-state index in [9.17, 15) is 19.5 Å². The number of aliphatic hydroxyl groups excluding tert-OH is 1. The van der Waals surface area contributed by atoms with E-state index < -0.39 is 23.7 Å². The Labute approximate surface area is 261 Å². The van der Waals surface area contributed by atoms with E-state index in [-0.39, 0.29) is 27.9 Å². The number of thiazole rings is 1. The first-order chi connectivity index (χ1) is 20.7. The minimum Gasteiger partial charge on any atom is -0.507 e. The lowest BCUT2D eigenvalue weighted by Crippen LogP contribution is -2.29. The molecule has 10 heteroatoms. The van der Waals surface area contributed by atoms with Gasteiger partial charge in [-0.25, -0.2) is 9.78 Å². The molecule has 1 aliphatic heterocycles. The van der Waals surface area contributed by atoms with Crippen LogP contribution >= 0.6 is 27.3 Å². The van der Waals surface area contributed by atoms with E-state index in [0.717, 1.165) is 26.9 Å². The molecule has 0 bridgehead atoms. The molecule has 0 spiro atoms.